The van der Waals surface area contributed by atoms with E-state index in [0.29, 0.717) is 18.0 Å². The number of nitrogens with zero attached hydrogens (tertiary/aromatic N) is 1. The highest BCUT2D eigenvalue weighted by Gasteiger charge is 2.24. The van der Waals surface area contributed by atoms with Gasteiger partial charge in [-0.1, -0.05) is 13.8 Å². The van der Waals surface area contributed by atoms with Crippen molar-refractivity contribution in [2.75, 3.05) is 20.2 Å². The fourth-order valence-corrected chi connectivity index (χ4v) is 2.54. The lowest BCUT2D eigenvalue weighted by molar-refractivity contribution is 0.143. The molecule has 96 valence electrons. The second kappa shape index (κ2) is 6.58. The van der Waals surface area contributed by atoms with Crippen LogP contribution in [-0.2, 0) is 0 Å². The molecule has 1 saturated heterocycles. The Morgan fingerprint density at radius 2 is 2.12 bits per heavy atom. The molecule has 1 aliphatic rings. The van der Waals surface area contributed by atoms with Gasteiger partial charge < -0.3 is 15.3 Å². The van der Waals surface area contributed by atoms with Crippen LogP contribution in [0.4, 0.5) is 0 Å². The zero-order valence-corrected chi connectivity index (χ0v) is 11.2. The van der Waals surface area contributed by atoms with Crippen molar-refractivity contribution in [2.45, 2.75) is 58.2 Å². The van der Waals surface area contributed by atoms with Crippen molar-refractivity contribution in [3.63, 3.8) is 0 Å². The van der Waals surface area contributed by atoms with Gasteiger partial charge in [0.15, 0.2) is 0 Å². The lowest BCUT2D eigenvalue weighted by Gasteiger charge is -2.37. The number of aliphatic hydroxyl groups excluding tert-OH is 1. The number of piperidine rings is 1. The minimum absolute atomic E-state index is 0.263. The first-order valence-corrected chi connectivity index (χ1v) is 6.60. The third-order valence-corrected chi connectivity index (χ3v) is 3.66. The average molecular weight is 228 g/mol. The van der Waals surface area contributed by atoms with Crippen LogP contribution in [-0.4, -0.2) is 48.3 Å². The van der Waals surface area contributed by atoms with Gasteiger partial charge in [-0.15, -0.1) is 0 Å². The van der Waals surface area contributed by atoms with Gasteiger partial charge in [0.25, 0.3) is 0 Å². The summed E-state index contributed by atoms with van der Waals surface area (Å²) >= 11 is 0. The quantitative estimate of drug-likeness (QED) is 0.748. The highest BCUT2D eigenvalue weighted by Crippen LogP contribution is 2.16. The molecule has 0 saturated carbocycles. The third kappa shape index (κ3) is 4.40. The van der Waals surface area contributed by atoms with E-state index in [0.717, 1.165) is 6.42 Å². The molecule has 3 nitrogen and oxygen atoms in total. The van der Waals surface area contributed by atoms with Crippen LogP contribution in [0.1, 0.15) is 40.0 Å². The van der Waals surface area contributed by atoms with Crippen LogP contribution in [0.5, 0.6) is 0 Å². The molecule has 0 spiro atoms. The Bertz CT molecular complexity index is 196. The number of likely N-dealkylation sites (tertiary alicyclic amines) is 1. The lowest BCUT2D eigenvalue weighted by atomic mass is 9.96. The van der Waals surface area contributed by atoms with Crippen molar-refractivity contribution < 1.29 is 5.11 Å². The average Bonchev–Trinajstić information content (AvgIpc) is 2.22. The van der Waals surface area contributed by atoms with Gasteiger partial charge in [0.2, 0.25) is 0 Å². The molecule has 3 unspecified atom stereocenters. The Morgan fingerprint density at radius 3 is 2.62 bits per heavy atom. The zero-order chi connectivity index (χ0) is 12.1. The van der Waals surface area contributed by atoms with Gasteiger partial charge in [-0.25, -0.2) is 0 Å². The summed E-state index contributed by atoms with van der Waals surface area (Å²) in [5, 5.41) is 13.0. The Labute approximate surface area is 100 Å². The van der Waals surface area contributed by atoms with Crippen LogP contribution in [0.3, 0.4) is 0 Å². The van der Waals surface area contributed by atoms with E-state index < -0.39 is 0 Å². The van der Waals surface area contributed by atoms with Crippen LogP contribution in [0.15, 0.2) is 0 Å². The van der Waals surface area contributed by atoms with Gasteiger partial charge in [-0.05, 0) is 45.7 Å². The molecular formula is C13H28N2O. The van der Waals surface area contributed by atoms with Gasteiger partial charge in [0.1, 0.15) is 0 Å². The van der Waals surface area contributed by atoms with Crippen LogP contribution < -0.4 is 5.32 Å². The van der Waals surface area contributed by atoms with E-state index in [9.17, 15) is 5.11 Å². The normalized spacial score (nSPS) is 29.6. The maximum Gasteiger partial charge on any atom is 0.0584 e. The van der Waals surface area contributed by atoms with Crippen LogP contribution in [0, 0.1) is 5.92 Å². The predicted octanol–water partition coefficient (Wildman–Crippen LogP) is 1.47. The van der Waals surface area contributed by atoms with Gasteiger partial charge in [-0.3, -0.25) is 0 Å². The highest BCUT2D eigenvalue weighted by molar-refractivity contribution is 4.83. The van der Waals surface area contributed by atoms with Crippen molar-refractivity contribution in [2.24, 2.45) is 5.92 Å². The van der Waals surface area contributed by atoms with Crippen LogP contribution >= 0.6 is 0 Å². The highest BCUT2D eigenvalue weighted by atomic mass is 16.3. The van der Waals surface area contributed by atoms with E-state index in [1.165, 1.54) is 19.4 Å². The molecule has 0 amide bonds. The van der Waals surface area contributed by atoms with Gasteiger partial charge in [-0.2, -0.15) is 0 Å². The summed E-state index contributed by atoms with van der Waals surface area (Å²) in [7, 11) is 2.19. The summed E-state index contributed by atoms with van der Waals surface area (Å²) in [4.78, 5) is 2.41. The number of aliphatic hydroxyl groups is 1. The lowest BCUT2D eigenvalue weighted by Crippen LogP contribution is -2.49. The van der Waals surface area contributed by atoms with E-state index in [2.05, 4.69) is 38.0 Å². The SMILES string of the molecule is CC(C)CC(CO)NC1CCN(C)C(C)C1. The molecule has 3 atom stereocenters. The number of hydrogen-bond acceptors (Lipinski definition) is 3. The summed E-state index contributed by atoms with van der Waals surface area (Å²) in [5.41, 5.74) is 0. The molecule has 0 radical (unpaired) electrons. The zero-order valence-electron chi connectivity index (χ0n) is 11.2. The molecule has 2 N–H and O–H groups in total. The van der Waals surface area contributed by atoms with Gasteiger partial charge in [0.05, 0.1) is 6.61 Å². The van der Waals surface area contributed by atoms with Crippen LogP contribution in [0.2, 0.25) is 0 Å². The fourth-order valence-electron chi connectivity index (χ4n) is 2.54. The van der Waals surface area contributed by atoms with E-state index in [1.54, 1.807) is 0 Å². The number of rotatable bonds is 5. The number of nitrogens with one attached hydrogen (secondary N) is 1. The maximum absolute atomic E-state index is 9.35. The van der Waals surface area contributed by atoms with E-state index in [1.807, 2.05) is 0 Å². The third-order valence-electron chi connectivity index (χ3n) is 3.66. The molecule has 0 bridgehead atoms. The summed E-state index contributed by atoms with van der Waals surface area (Å²) in [6, 6.07) is 1.52. The number of hydrogen-bond donors (Lipinski definition) is 2. The van der Waals surface area contributed by atoms with Gasteiger partial charge >= 0.3 is 0 Å². The molecule has 1 fully saturated rings. The fraction of sp³-hybridized carbons (Fsp3) is 1.00. The molecule has 0 aromatic carbocycles. The van der Waals surface area contributed by atoms with Crippen molar-refractivity contribution in [1.29, 1.82) is 0 Å². The van der Waals surface area contributed by atoms with Crippen molar-refractivity contribution in [3.05, 3.63) is 0 Å². The molecule has 0 aliphatic carbocycles. The first-order valence-electron chi connectivity index (χ1n) is 6.60. The molecule has 0 aromatic rings. The van der Waals surface area contributed by atoms with Crippen LogP contribution in [0.25, 0.3) is 0 Å². The smallest absolute Gasteiger partial charge is 0.0584 e. The van der Waals surface area contributed by atoms with E-state index >= 15 is 0 Å². The Kier molecular flexibility index (Phi) is 5.73. The van der Waals surface area contributed by atoms with Crippen molar-refractivity contribution in [3.8, 4) is 0 Å². The Morgan fingerprint density at radius 1 is 1.44 bits per heavy atom. The topological polar surface area (TPSA) is 35.5 Å². The minimum atomic E-state index is 0.263. The summed E-state index contributed by atoms with van der Waals surface area (Å²) in [5.74, 6) is 0.647. The molecule has 1 rings (SSSR count). The molecule has 0 aromatic heterocycles. The largest absolute Gasteiger partial charge is 0.395 e. The van der Waals surface area contributed by atoms with Crippen molar-refractivity contribution in [1.82, 2.24) is 10.2 Å². The molecule has 16 heavy (non-hydrogen) atoms. The second-order valence-corrected chi connectivity index (χ2v) is 5.73. The molecule has 1 aliphatic heterocycles. The summed E-state index contributed by atoms with van der Waals surface area (Å²) in [6.45, 7) is 8.13. The first-order chi connectivity index (χ1) is 7.52. The molecular weight excluding hydrogens is 200 g/mol. The summed E-state index contributed by atoms with van der Waals surface area (Å²) < 4.78 is 0. The maximum atomic E-state index is 9.35. The Hall–Kier alpha value is -0.120. The van der Waals surface area contributed by atoms with E-state index in [4.69, 9.17) is 0 Å². The Balaban J connectivity index is 2.35. The van der Waals surface area contributed by atoms with E-state index in [-0.39, 0.29) is 12.6 Å². The monoisotopic (exact) mass is 228 g/mol. The van der Waals surface area contributed by atoms with Crippen molar-refractivity contribution >= 4 is 0 Å². The molecule has 3 heteroatoms. The standard InChI is InChI=1S/C13H28N2O/c1-10(2)7-13(9-16)14-12-5-6-15(4)11(3)8-12/h10-14,16H,5-9H2,1-4H3. The second-order valence-electron chi connectivity index (χ2n) is 5.73. The van der Waals surface area contributed by atoms with Gasteiger partial charge in [0, 0.05) is 18.1 Å². The minimum Gasteiger partial charge on any atom is -0.395 e. The first kappa shape index (κ1) is 13.9. The summed E-state index contributed by atoms with van der Waals surface area (Å²) in [6.07, 6.45) is 3.47. The predicted molar refractivity (Wildman–Crippen MR) is 68.6 cm³/mol. The molecule has 1 heterocycles.